The lowest BCUT2D eigenvalue weighted by atomic mass is 9.85. The molecule has 0 radical (unpaired) electrons. The van der Waals surface area contributed by atoms with Crippen molar-refractivity contribution in [3.63, 3.8) is 0 Å². The lowest BCUT2D eigenvalue weighted by Crippen LogP contribution is -2.31. The van der Waals surface area contributed by atoms with Crippen molar-refractivity contribution in [2.45, 2.75) is 12.8 Å². The van der Waals surface area contributed by atoms with Gasteiger partial charge in [0.1, 0.15) is 5.76 Å². The topological polar surface area (TPSA) is 120 Å². The lowest BCUT2D eigenvalue weighted by molar-refractivity contribution is -0.114. The molecule has 1 aliphatic heterocycles. The first kappa shape index (κ1) is 26.8. The Morgan fingerprint density at radius 2 is 2.00 bits per heavy atom. The maximum atomic E-state index is 13.5. The molecular weight excluding hydrogens is 577 g/mol. The van der Waals surface area contributed by atoms with E-state index in [0.717, 1.165) is 22.0 Å². The second-order valence-electron chi connectivity index (χ2n) is 8.37. The molecule has 39 heavy (non-hydrogen) atoms. The number of benzene rings is 2. The molecule has 4 aromatic rings. The maximum Gasteiger partial charge on any atom is 0.254 e. The van der Waals surface area contributed by atoms with Gasteiger partial charge >= 0.3 is 0 Å². The van der Waals surface area contributed by atoms with Gasteiger partial charge in [0.25, 0.3) is 5.91 Å². The first-order valence-electron chi connectivity index (χ1n) is 11.5. The van der Waals surface area contributed by atoms with Gasteiger partial charge in [0.2, 0.25) is 5.91 Å². The van der Waals surface area contributed by atoms with Crippen LogP contribution in [0.5, 0.6) is 0 Å². The van der Waals surface area contributed by atoms with Crippen molar-refractivity contribution in [3.05, 3.63) is 98.5 Å². The molecule has 8 nitrogen and oxygen atoms in total. The Morgan fingerprint density at radius 3 is 2.72 bits per heavy atom. The molecule has 0 aliphatic carbocycles. The van der Waals surface area contributed by atoms with Crippen LogP contribution in [0.4, 0.5) is 10.8 Å². The number of allylic oxidation sites excluding steroid dienone is 2. The third-order valence-corrected chi connectivity index (χ3v) is 8.30. The summed E-state index contributed by atoms with van der Waals surface area (Å²) in [6, 6.07) is 17.9. The molecule has 2 aromatic heterocycles. The minimum atomic E-state index is -0.799. The highest BCUT2D eigenvalue weighted by molar-refractivity contribution is 8.03. The average Bonchev–Trinajstić information content (AvgIpc) is 3.58. The number of halogens is 2. The number of rotatable bonds is 7. The summed E-state index contributed by atoms with van der Waals surface area (Å²) < 4.78 is 6.61. The molecule has 5 rings (SSSR count). The Labute approximate surface area is 241 Å². The zero-order valence-corrected chi connectivity index (χ0v) is 23.4. The van der Waals surface area contributed by atoms with Crippen molar-refractivity contribution in [1.82, 2.24) is 10.3 Å². The van der Waals surface area contributed by atoms with Gasteiger partial charge in [0.05, 0.1) is 61.1 Å². The van der Waals surface area contributed by atoms with E-state index in [2.05, 4.69) is 27.0 Å². The van der Waals surface area contributed by atoms with Gasteiger partial charge in [-0.25, -0.2) is 4.98 Å². The SMILES string of the molecule is CC1=C(C(=O)Nc2ccc(Cl)cc2Cl)[C@@H](c2ccco2)C(C#N)=C(SCC(=O)Nc2nc3ccccc3s2)N1. The first-order chi connectivity index (χ1) is 18.8. The molecule has 12 heteroatoms. The summed E-state index contributed by atoms with van der Waals surface area (Å²) in [6.07, 6.45) is 1.48. The number of hydrogen-bond donors (Lipinski definition) is 3. The molecule has 2 aromatic carbocycles. The third-order valence-electron chi connectivity index (χ3n) is 5.79. The molecule has 0 fully saturated rings. The molecule has 0 spiro atoms. The van der Waals surface area contributed by atoms with E-state index in [1.807, 2.05) is 24.3 Å². The van der Waals surface area contributed by atoms with Crippen LogP contribution >= 0.6 is 46.3 Å². The van der Waals surface area contributed by atoms with Gasteiger partial charge < -0.3 is 20.4 Å². The summed E-state index contributed by atoms with van der Waals surface area (Å²) in [5.74, 6) is -1.11. The average molecular weight is 597 g/mol. The third kappa shape index (κ3) is 5.82. The summed E-state index contributed by atoms with van der Waals surface area (Å²) in [7, 11) is 0. The van der Waals surface area contributed by atoms with E-state index in [1.54, 1.807) is 31.2 Å². The highest BCUT2D eigenvalue weighted by atomic mass is 35.5. The van der Waals surface area contributed by atoms with Crippen molar-refractivity contribution in [2.24, 2.45) is 0 Å². The van der Waals surface area contributed by atoms with Crippen LogP contribution in [0.2, 0.25) is 10.0 Å². The zero-order valence-electron chi connectivity index (χ0n) is 20.2. The van der Waals surface area contributed by atoms with Crippen LogP contribution < -0.4 is 16.0 Å². The minimum absolute atomic E-state index is 0.0174. The normalized spacial score (nSPS) is 15.2. The number of carbonyl (C=O) groups is 2. The number of hydrogen-bond acceptors (Lipinski definition) is 8. The molecule has 1 atom stereocenters. The summed E-state index contributed by atoms with van der Waals surface area (Å²) in [5.41, 5.74) is 2.23. The Bertz CT molecular complexity index is 1660. The van der Waals surface area contributed by atoms with Crippen LogP contribution in [0.1, 0.15) is 18.6 Å². The highest BCUT2D eigenvalue weighted by Gasteiger charge is 2.36. The number of nitrogens with zero attached hydrogens (tertiary/aromatic N) is 2. The van der Waals surface area contributed by atoms with Crippen LogP contribution in [0.3, 0.4) is 0 Å². The van der Waals surface area contributed by atoms with E-state index in [1.165, 1.54) is 23.7 Å². The van der Waals surface area contributed by atoms with Gasteiger partial charge in [-0.2, -0.15) is 5.26 Å². The van der Waals surface area contributed by atoms with Crippen molar-refractivity contribution in [2.75, 3.05) is 16.4 Å². The van der Waals surface area contributed by atoms with E-state index in [0.29, 0.717) is 32.3 Å². The number of amides is 2. The standard InChI is InChI=1S/C27H19Cl2N5O3S2/c1-14-23(25(36)32-18-9-8-15(28)11-17(18)29)24(20-6-4-10-37-20)16(12-30)26(31-14)38-13-22(35)34-27-33-19-5-2-3-7-21(19)39-27/h2-11,24,31H,13H2,1H3,(H,32,36)(H,33,34,35)/t24-/m1/s1. The minimum Gasteiger partial charge on any atom is -0.468 e. The van der Waals surface area contributed by atoms with E-state index >= 15 is 0 Å². The fourth-order valence-corrected chi connectivity index (χ4v) is 6.30. The number of nitrogens with one attached hydrogen (secondary N) is 3. The molecule has 0 saturated carbocycles. The molecule has 0 unspecified atom stereocenters. The maximum absolute atomic E-state index is 13.5. The Morgan fingerprint density at radius 1 is 1.18 bits per heavy atom. The Kier molecular flexibility index (Phi) is 7.95. The fourth-order valence-electron chi connectivity index (χ4n) is 4.07. The van der Waals surface area contributed by atoms with E-state index in [4.69, 9.17) is 27.6 Å². The number of thioether (sulfide) groups is 1. The first-order valence-corrected chi connectivity index (χ1v) is 14.1. The van der Waals surface area contributed by atoms with Gasteiger partial charge in [-0.05, 0) is 49.4 Å². The predicted octanol–water partition coefficient (Wildman–Crippen LogP) is 6.90. The number of carbonyl (C=O) groups excluding carboxylic acids is 2. The quantitative estimate of drug-likeness (QED) is 0.212. The van der Waals surface area contributed by atoms with Crippen molar-refractivity contribution >= 4 is 79.2 Å². The molecule has 0 bridgehead atoms. The molecule has 3 N–H and O–H groups in total. The summed E-state index contributed by atoms with van der Waals surface area (Å²) in [4.78, 5) is 30.6. The fraction of sp³-hybridized carbons (Fsp3) is 0.111. The van der Waals surface area contributed by atoms with Crippen molar-refractivity contribution in [3.8, 4) is 6.07 Å². The van der Waals surface area contributed by atoms with Crippen LogP contribution in [0, 0.1) is 11.3 Å². The number of fused-ring (bicyclic) bond motifs is 1. The number of nitriles is 1. The number of anilines is 2. The summed E-state index contributed by atoms with van der Waals surface area (Å²) >= 11 is 14.8. The van der Waals surface area contributed by atoms with Crippen molar-refractivity contribution < 1.29 is 14.0 Å². The van der Waals surface area contributed by atoms with Gasteiger partial charge in [-0.1, -0.05) is 58.4 Å². The predicted molar refractivity (Wildman–Crippen MR) is 156 cm³/mol. The summed E-state index contributed by atoms with van der Waals surface area (Å²) in [6.45, 7) is 1.73. The molecule has 3 heterocycles. The number of aromatic nitrogens is 1. The molecule has 1 aliphatic rings. The largest absolute Gasteiger partial charge is 0.468 e. The van der Waals surface area contributed by atoms with Gasteiger partial charge in [0, 0.05) is 10.7 Å². The molecule has 2 amide bonds. The van der Waals surface area contributed by atoms with Crippen molar-refractivity contribution in [1.29, 1.82) is 5.26 Å². The number of thiazole rings is 1. The van der Waals surface area contributed by atoms with E-state index in [-0.39, 0.29) is 27.8 Å². The molecular formula is C27H19Cl2N5O3S2. The number of dihydropyridines is 1. The second-order valence-corrected chi connectivity index (χ2v) is 11.2. The zero-order chi connectivity index (χ0) is 27.5. The second kappa shape index (κ2) is 11.6. The van der Waals surface area contributed by atoms with Crippen LogP contribution in [0.25, 0.3) is 10.2 Å². The van der Waals surface area contributed by atoms with Gasteiger partial charge in [-0.15, -0.1) is 0 Å². The Balaban J connectivity index is 1.38. The molecule has 0 saturated heterocycles. The monoisotopic (exact) mass is 595 g/mol. The molecule has 196 valence electrons. The number of para-hydroxylation sites is 1. The summed E-state index contributed by atoms with van der Waals surface area (Å²) in [5, 5.41) is 20.6. The van der Waals surface area contributed by atoms with Crippen LogP contribution in [-0.2, 0) is 9.59 Å². The lowest BCUT2D eigenvalue weighted by Gasteiger charge is -2.28. The van der Waals surface area contributed by atoms with E-state index in [9.17, 15) is 14.9 Å². The Hall–Kier alpha value is -3.75. The smallest absolute Gasteiger partial charge is 0.254 e. The highest BCUT2D eigenvalue weighted by Crippen LogP contribution is 2.41. The van der Waals surface area contributed by atoms with Crippen LogP contribution in [0.15, 0.2) is 87.1 Å². The van der Waals surface area contributed by atoms with Gasteiger partial charge in [-0.3, -0.25) is 9.59 Å². The van der Waals surface area contributed by atoms with Crippen LogP contribution in [-0.4, -0.2) is 22.6 Å². The van der Waals surface area contributed by atoms with Gasteiger partial charge in [0.15, 0.2) is 5.13 Å². The number of furan rings is 1. The van der Waals surface area contributed by atoms with E-state index < -0.39 is 11.8 Å².